The monoisotopic (exact) mass is 391 g/mol. The van der Waals surface area contributed by atoms with E-state index in [0.717, 1.165) is 5.56 Å². The van der Waals surface area contributed by atoms with Crippen molar-refractivity contribution in [1.29, 1.82) is 0 Å². The van der Waals surface area contributed by atoms with Crippen LogP contribution in [-0.2, 0) is 9.59 Å². The third kappa shape index (κ3) is 3.27. The Hall–Kier alpha value is -3.88. The number of fused-ring (bicyclic) bond motifs is 2. The zero-order valence-corrected chi connectivity index (χ0v) is 15.3. The lowest BCUT2D eigenvalue weighted by Crippen LogP contribution is -2.24. The van der Waals surface area contributed by atoms with Gasteiger partial charge in [-0.05, 0) is 12.1 Å². The minimum atomic E-state index is -0.757. The molecule has 9 heteroatoms. The van der Waals surface area contributed by atoms with Gasteiger partial charge in [0.2, 0.25) is 11.9 Å². The third-order valence-electron chi connectivity index (χ3n) is 4.70. The van der Waals surface area contributed by atoms with Crippen molar-refractivity contribution >= 4 is 23.5 Å². The van der Waals surface area contributed by atoms with Gasteiger partial charge in [0.15, 0.2) is 17.3 Å². The first-order valence-corrected chi connectivity index (χ1v) is 9.20. The SMILES string of the molecule is O=C(C[C@H]1C(=O)Nc2nc(-c3ccccc3)nn21)Nc1ccc2c(c1)OCCO2. The van der Waals surface area contributed by atoms with E-state index in [2.05, 4.69) is 20.7 Å². The topological polar surface area (TPSA) is 107 Å². The van der Waals surface area contributed by atoms with E-state index in [1.54, 1.807) is 18.2 Å². The molecule has 3 heterocycles. The molecule has 0 radical (unpaired) electrons. The van der Waals surface area contributed by atoms with Gasteiger partial charge in [0.1, 0.15) is 19.3 Å². The molecule has 0 saturated heterocycles. The van der Waals surface area contributed by atoms with E-state index in [4.69, 9.17) is 9.47 Å². The number of hydrogen-bond acceptors (Lipinski definition) is 6. The van der Waals surface area contributed by atoms with Crippen LogP contribution in [0.25, 0.3) is 11.4 Å². The molecule has 1 atom stereocenters. The number of amides is 2. The Kier molecular flexibility index (Phi) is 4.12. The standard InChI is InChI=1S/C20H17N5O4/c26-17(21-13-6-7-15-16(10-13)29-9-8-28-15)11-14-19(27)23-20-22-18(24-25(14)20)12-4-2-1-3-5-12/h1-7,10,14H,8-9,11H2,(H,21,26)(H,22,23,24,27)/t14-/m0/s1. The number of benzene rings is 2. The van der Waals surface area contributed by atoms with E-state index in [1.807, 2.05) is 30.3 Å². The van der Waals surface area contributed by atoms with Gasteiger partial charge in [-0.25, -0.2) is 4.68 Å². The average Bonchev–Trinajstić information content (AvgIpc) is 3.27. The highest BCUT2D eigenvalue weighted by molar-refractivity contribution is 6.01. The van der Waals surface area contributed by atoms with E-state index in [1.165, 1.54) is 4.68 Å². The Balaban J connectivity index is 1.31. The molecule has 0 aliphatic carbocycles. The van der Waals surface area contributed by atoms with Crippen molar-refractivity contribution in [2.45, 2.75) is 12.5 Å². The average molecular weight is 391 g/mol. The number of hydrogen-bond donors (Lipinski definition) is 2. The smallest absolute Gasteiger partial charge is 0.252 e. The summed E-state index contributed by atoms with van der Waals surface area (Å²) in [5.74, 6) is 1.44. The molecule has 0 unspecified atom stereocenters. The van der Waals surface area contributed by atoms with E-state index in [-0.39, 0.29) is 18.2 Å². The van der Waals surface area contributed by atoms with Crippen LogP contribution in [0.2, 0.25) is 0 Å². The van der Waals surface area contributed by atoms with Crippen LogP contribution in [0.15, 0.2) is 48.5 Å². The molecule has 2 aromatic carbocycles. The van der Waals surface area contributed by atoms with Gasteiger partial charge in [0.25, 0.3) is 5.91 Å². The van der Waals surface area contributed by atoms with Crippen LogP contribution in [0, 0.1) is 0 Å². The molecule has 5 rings (SSSR count). The first-order valence-electron chi connectivity index (χ1n) is 9.20. The second-order valence-corrected chi connectivity index (χ2v) is 6.69. The fourth-order valence-electron chi connectivity index (χ4n) is 3.33. The lowest BCUT2D eigenvalue weighted by atomic mass is 10.2. The first-order chi connectivity index (χ1) is 14.2. The molecule has 146 valence electrons. The highest BCUT2D eigenvalue weighted by Gasteiger charge is 2.35. The summed E-state index contributed by atoms with van der Waals surface area (Å²) < 4.78 is 12.5. The quantitative estimate of drug-likeness (QED) is 0.706. The summed E-state index contributed by atoms with van der Waals surface area (Å²) in [6.07, 6.45) is -0.0646. The summed E-state index contributed by atoms with van der Waals surface area (Å²) >= 11 is 0. The molecular formula is C20H17N5O4. The molecule has 0 spiro atoms. The number of carbonyl (C=O) groups is 2. The van der Waals surface area contributed by atoms with Crippen molar-refractivity contribution in [2.24, 2.45) is 0 Å². The number of nitrogens with one attached hydrogen (secondary N) is 2. The van der Waals surface area contributed by atoms with Crippen molar-refractivity contribution < 1.29 is 19.1 Å². The zero-order valence-electron chi connectivity index (χ0n) is 15.3. The Labute approximate surface area is 165 Å². The summed E-state index contributed by atoms with van der Waals surface area (Å²) in [6.45, 7) is 0.964. The van der Waals surface area contributed by atoms with Gasteiger partial charge >= 0.3 is 0 Å². The lowest BCUT2D eigenvalue weighted by Gasteiger charge is -2.19. The molecule has 3 aromatic rings. The number of anilines is 2. The van der Waals surface area contributed by atoms with Gasteiger partial charge in [-0.3, -0.25) is 14.9 Å². The summed E-state index contributed by atoms with van der Waals surface area (Å²) in [4.78, 5) is 29.2. The maximum Gasteiger partial charge on any atom is 0.252 e. The highest BCUT2D eigenvalue weighted by Crippen LogP contribution is 2.33. The molecule has 29 heavy (non-hydrogen) atoms. The van der Waals surface area contributed by atoms with E-state index in [0.29, 0.717) is 42.2 Å². The highest BCUT2D eigenvalue weighted by atomic mass is 16.6. The van der Waals surface area contributed by atoms with Crippen molar-refractivity contribution in [3.63, 3.8) is 0 Å². The normalized spacial score (nSPS) is 16.8. The van der Waals surface area contributed by atoms with Gasteiger partial charge in [0, 0.05) is 17.3 Å². The Morgan fingerprint density at radius 1 is 1.14 bits per heavy atom. The minimum Gasteiger partial charge on any atom is -0.486 e. The van der Waals surface area contributed by atoms with Gasteiger partial charge in [-0.15, -0.1) is 5.10 Å². The first kappa shape index (κ1) is 17.2. The predicted octanol–water partition coefficient (Wildman–Crippen LogP) is 2.24. The molecule has 1 aromatic heterocycles. The fraction of sp³-hybridized carbons (Fsp3) is 0.200. The van der Waals surface area contributed by atoms with Crippen molar-refractivity contribution in [3.05, 3.63) is 48.5 Å². The number of ether oxygens (including phenoxy) is 2. The molecule has 2 aliphatic rings. The predicted molar refractivity (Wildman–Crippen MR) is 104 cm³/mol. The Morgan fingerprint density at radius 2 is 1.93 bits per heavy atom. The number of aromatic nitrogens is 3. The van der Waals surface area contributed by atoms with Crippen LogP contribution in [0.5, 0.6) is 11.5 Å². The summed E-state index contributed by atoms with van der Waals surface area (Å²) in [7, 11) is 0. The third-order valence-corrected chi connectivity index (χ3v) is 4.70. The molecule has 2 aliphatic heterocycles. The number of rotatable bonds is 4. The molecule has 9 nitrogen and oxygen atoms in total. The zero-order chi connectivity index (χ0) is 19.8. The molecule has 2 amide bonds. The van der Waals surface area contributed by atoms with Crippen LogP contribution in [0.1, 0.15) is 12.5 Å². The van der Waals surface area contributed by atoms with Crippen LogP contribution in [0.4, 0.5) is 11.6 Å². The van der Waals surface area contributed by atoms with Gasteiger partial charge < -0.3 is 14.8 Å². The minimum absolute atomic E-state index is 0.0646. The molecule has 0 saturated carbocycles. The second-order valence-electron chi connectivity index (χ2n) is 6.69. The van der Waals surface area contributed by atoms with Crippen molar-refractivity contribution in [3.8, 4) is 22.9 Å². The summed E-state index contributed by atoms with van der Waals surface area (Å²) in [5.41, 5.74) is 1.41. The molecule has 0 bridgehead atoms. The van der Waals surface area contributed by atoms with E-state index in [9.17, 15) is 9.59 Å². The summed E-state index contributed by atoms with van der Waals surface area (Å²) in [5, 5.41) is 9.89. The number of carbonyl (C=O) groups excluding carboxylic acids is 2. The second kappa shape index (κ2) is 6.93. The van der Waals surface area contributed by atoms with Gasteiger partial charge in [-0.2, -0.15) is 4.98 Å². The van der Waals surface area contributed by atoms with Crippen LogP contribution >= 0.6 is 0 Å². The largest absolute Gasteiger partial charge is 0.486 e. The van der Waals surface area contributed by atoms with Crippen molar-refractivity contribution in [1.82, 2.24) is 14.8 Å². The summed E-state index contributed by atoms with van der Waals surface area (Å²) in [6, 6.07) is 13.9. The Morgan fingerprint density at radius 3 is 2.76 bits per heavy atom. The fourth-order valence-corrected chi connectivity index (χ4v) is 3.33. The Bertz CT molecular complexity index is 1100. The molecule has 0 fully saturated rings. The van der Waals surface area contributed by atoms with Gasteiger partial charge in [-0.1, -0.05) is 30.3 Å². The maximum absolute atomic E-state index is 12.5. The van der Waals surface area contributed by atoms with Crippen LogP contribution < -0.4 is 20.1 Å². The maximum atomic E-state index is 12.5. The van der Waals surface area contributed by atoms with E-state index < -0.39 is 6.04 Å². The van der Waals surface area contributed by atoms with Crippen molar-refractivity contribution in [2.75, 3.05) is 23.8 Å². The lowest BCUT2D eigenvalue weighted by molar-refractivity contribution is -0.123. The number of nitrogens with zero attached hydrogens (tertiary/aromatic N) is 3. The van der Waals surface area contributed by atoms with Crippen LogP contribution in [0.3, 0.4) is 0 Å². The van der Waals surface area contributed by atoms with E-state index >= 15 is 0 Å². The molecule has 2 N–H and O–H groups in total. The molecular weight excluding hydrogens is 374 g/mol. The van der Waals surface area contributed by atoms with Crippen LogP contribution in [-0.4, -0.2) is 39.8 Å². The van der Waals surface area contributed by atoms with Gasteiger partial charge in [0.05, 0.1) is 6.42 Å².